The van der Waals surface area contributed by atoms with Crippen LogP contribution in [-0.2, 0) is 0 Å². The second-order valence-corrected chi connectivity index (χ2v) is 12.2. The summed E-state index contributed by atoms with van der Waals surface area (Å²) in [5, 5.41) is 0. The average molecular weight is 646 g/mol. The zero-order chi connectivity index (χ0) is 33.4. The number of hydrogen-bond donors (Lipinski definition) is 0. The van der Waals surface area contributed by atoms with Crippen LogP contribution in [0.2, 0.25) is 0 Å². The van der Waals surface area contributed by atoms with Crippen LogP contribution in [0.3, 0.4) is 0 Å². The van der Waals surface area contributed by atoms with Gasteiger partial charge >= 0.3 is 0 Å². The van der Waals surface area contributed by atoms with E-state index < -0.39 is 0 Å². The Hall–Kier alpha value is -6.86. The van der Waals surface area contributed by atoms with Gasteiger partial charge in [0.1, 0.15) is 22.7 Å². The van der Waals surface area contributed by atoms with Crippen molar-refractivity contribution in [2.45, 2.75) is 6.92 Å². The van der Waals surface area contributed by atoms with Gasteiger partial charge in [0.05, 0.1) is 0 Å². The van der Waals surface area contributed by atoms with Crippen LogP contribution in [0.15, 0.2) is 170 Å². The van der Waals surface area contributed by atoms with Gasteiger partial charge in [0, 0.05) is 52.0 Å². The second kappa shape index (κ2) is 12.3. The van der Waals surface area contributed by atoms with Crippen LogP contribution >= 0.6 is 0 Å². The Kier molecular flexibility index (Phi) is 7.21. The number of nitrogens with zero attached hydrogens (tertiary/aromatic N) is 7. The highest BCUT2D eigenvalue weighted by Gasteiger charge is 2.23. The van der Waals surface area contributed by atoms with E-state index in [0.717, 1.165) is 73.5 Å². The van der Waals surface area contributed by atoms with Gasteiger partial charge in [0.15, 0.2) is 11.3 Å². The quantitative estimate of drug-likeness (QED) is 0.173. The van der Waals surface area contributed by atoms with Crippen LogP contribution in [0.5, 0.6) is 0 Å². The third-order valence-electron chi connectivity index (χ3n) is 8.83. The number of imidazole rings is 2. The molecule has 4 aromatic heterocycles. The zero-order valence-electron chi connectivity index (χ0n) is 27.3. The highest BCUT2D eigenvalue weighted by molar-refractivity contribution is 5.88. The third-order valence-corrected chi connectivity index (χ3v) is 8.83. The van der Waals surface area contributed by atoms with Crippen LogP contribution < -0.4 is 4.90 Å². The van der Waals surface area contributed by atoms with E-state index in [4.69, 9.17) is 19.9 Å². The summed E-state index contributed by atoms with van der Waals surface area (Å²) < 4.78 is 4.28. The number of fused-ring (bicyclic) bond motifs is 2. The Bertz CT molecular complexity index is 2470. The summed E-state index contributed by atoms with van der Waals surface area (Å²) in [4.78, 5) is 22.3. The Labute approximate surface area is 289 Å². The Morgan fingerprint density at radius 3 is 1.46 bits per heavy atom. The summed E-state index contributed by atoms with van der Waals surface area (Å²) >= 11 is 0. The number of benzene rings is 5. The molecule has 0 saturated heterocycles. The molecule has 0 N–H and O–H groups in total. The predicted octanol–water partition coefficient (Wildman–Crippen LogP) is 10.3. The number of rotatable bonds is 7. The van der Waals surface area contributed by atoms with Gasteiger partial charge in [-0.25, -0.2) is 19.9 Å². The van der Waals surface area contributed by atoms with Crippen LogP contribution in [0.25, 0.3) is 56.5 Å². The number of aromatic nitrogens is 6. The molecule has 0 radical (unpaired) electrons. The van der Waals surface area contributed by atoms with Gasteiger partial charge in [0.2, 0.25) is 0 Å². The molecule has 0 aliphatic rings. The molecule has 50 heavy (non-hydrogen) atoms. The molecule has 0 aliphatic heterocycles. The van der Waals surface area contributed by atoms with E-state index in [1.807, 2.05) is 79.1 Å². The summed E-state index contributed by atoms with van der Waals surface area (Å²) in [5.74, 6) is 1.57. The third kappa shape index (κ3) is 5.18. The lowest BCUT2D eigenvalue weighted by Gasteiger charge is -2.27. The number of pyridine rings is 2. The van der Waals surface area contributed by atoms with Crippen molar-refractivity contribution >= 4 is 39.4 Å². The van der Waals surface area contributed by atoms with E-state index in [2.05, 4.69) is 112 Å². The number of anilines is 3. The van der Waals surface area contributed by atoms with Crippen molar-refractivity contribution in [3.05, 3.63) is 176 Å². The lowest BCUT2D eigenvalue weighted by molar-refractivity contribution is 1.07. The maximum absolute atomic E-state index is 5.22. The van der Waals surface area contributed by atoms with E-state index in [9.17, 15) is 0 Å². The van der Waals surface area contributed by atoms with Crippen LogP contribution in [-0.4, -0.2) is 29.1 Å². The van der Waals surface area contributed by atoms with Gasteiger partial charge in [-0.05, 0) is 103 Å². The van der Waals surface area contributed by atoms with Gasteiger partial charge in [-0.2, -0.15) is 0 Å². The number of hydrogen-bond acceptors (Lipinski definition) is 5. The molecule has 9 rings (SSSR count). The lowest BCUT2D eigenvalue weighted by atomic mass is 10.0. The summed E-state index contributed by atoms with van der Waals surface area (Å²) in [6.45, 7) is 2.12. The van der Waals surface area contributed by atoms with E-state index in [-0.39, 0.29) is 0 Å². The minimum atomic E-state index is 0.783. The van der Waals surface area contributed by atoms with Crippen molar-refractivity contribution in [2.75, 3.05) is 4.90 Å². The van der Waals surface area contributed by atoms with Crippen molar-refractivity contribution in [3.8, 4) is 34.2 Å². The molecule has 0 bridgehead atoms. The fourth-order valence-corrected chi connectivity index (χ4v) is 6.65. The summed E-state index contributed by atoms with van der Waals surface area (Å²) in [6, 6.07) is 54.1. The summed E-state index contributed by atoms with van der Waals surface area (Å²) in [7, 11) is 0. The largest absolute Gasteiger partial charge is 0.310 e. The van der Waals surface area contributed by atoms with Gasteiger partial charge < -0.3 is 4.90 Å². The molecule has 0 spiro atoms. The molecule has 0 atom stereocenters. The first-order valence-electron chi connectivity index (χ1n) is 16.6. The van der Waals surface area contributed by atoms with Crippen LogP contribution in [0.4, 0.5) is 17.1 Å². The Balaban J connectivity index is 1.38. The highest BCUT2D eigenvalue weighted by Crippen LogP contribution is 2.41. The van der Waals surface area contributed by atoms with Gasteiger partial charge in [0.25, 0.3) is 0 Å². The molecule has 0 fully saturated rings. The van der Waals surface area contributed by atoms with Gasteiger partial charge in [-0.15, -0.1) is 0 Å². The molecule has 5 aromatic carbocycles. The molecule has 7 nitrogen and oxygen atoms in total. The molecule has 9 aromatic rings. The molecule has 0 saturated carbocycles. The fourth-order valence-electron chi connectivity index (χ4n) is 6.65. The minimum absolute atomic E-state index is 0.783. The fraction of sp³-hybridized carbons (Fsp3) is 0.0233. The predicted molar refractivity (Wildman–Crippen MR) is 202 cm³/mol. The van der Waals surface area contributed by atoms with Crippen molar-refractivity contribution in [2.24, 2.45) is 0 Å². The second-order valence-electron chi connectivity index (χ2n) is 12.2. The van der Waals surface area contributed by atoms with Gasteiger partial charge in [-0.3, -0.25) is 9.13 Å². The van der Waals surface area contributed by atoms with Crippen molar-refractivity contribution in [1.82, 2.24) is 29.1 Å². The SMILES string of the molecule is Cc1cccc(N(c2ccccc2)c2cc(-c3nc4cccnc4n3-c3ccccc3)cc(-c3nc4cccnc4n3-c3ccccc3)c2)c1. The number of aryl methyl sites for hydroxylation is 1. The van der Waals surface area contributed by atoms with E-state index in [1.54, 1.807) is 0 Å². The van der Waals surface area contributed by atoms with Crippen molar-refractivity contribution in [3.63, 3.8) is 0 Å². The molecule has 238 valence electrons. The van der Waals surface area contributed by atoms with Crippen molar-refractivity contribution in [1.29, 1.82) is 0 Å². The average Bonchev–Trinajstić information content (AvgIpc) is 3.76. The Morgan fingerprint density at radius 1 is 0.440 bits per heavy atom. The monoisotopic (exact) mass is 645 g/mol. The van der Waals surface area contributed by atoms with Gasteiger partial charge in [-0.1, -0.05) is 66.7 Å². The molecule has 0 amide bonds. The van der Waals surface area contributed by atoms with E-state index >= 15 is 0 Å². The first-order valence-corrected chi connectivity index (χ1v) is 16.6. The van der Waals surface area contributed by atoms with Crippen LogP contribution in [0.1, 0.15) is 5.56 Å². The summed E-state index contributed by atoms with van der Waals surface area (Å²) in [6.07, 6.45) is 3.64. The molecular formula is C43H31N7. The van der Waals surface area contributed by atoms with Crippen molar-refractivity contribution < 1.29 is 0 Å². The molecule has 4 heterocycles. The molecule has 7 heteroatoms. The normalized spacial score (nSPS) is 11.3. The maximum Gasteiger partial charge on any atom is 0.164 e. The lowest BCUT2D eigenvalue weighted by Crippen LogP contribution is -2.11. The standard InChI is InChI=1S/C43H31N7/c1-30-14-11-21-36(26-30)48(33-15-5-2-6-16-33)37-28-31(40-46-38-22-12-24-44-42(38)49(40)34-17-7-3-8-18-34)27-32(29-37)41-47-39-23-13-25-45-43(39)50(41)35-19-9-4-10-20-35/h2-29H,1H3. The number of para-hydroxylation sites is 3. The minimum Gasteiger partial charge on any atom is -0.310 e. The first kappa shape index (κ1) is 29.3. The highest BCUT2D eigenvalue weighted by atomic mass is 15.2. The summed E-state index contributed by atoms with van der Waals surface area (Å²) in [5.41, 5.74) is 11.3. The first-order chi connectivity index (χ1) is 24.7. The Morgan fingerprint density at radius 2 is 0.940 bits per heavy atom. The molecular weight excluding hydrogens is 615 g/mol. The van der Waals surface area contributed by atoms with E-state index in [0.29, 0.717) is 0 Å². The maximum atomic E-state index is 5.22. The molecule has 0 aliphatic carbocycles. The van der Waals surface area contributed by atoms with Crippen LogP contribution in [0, 0.1) is 6.92 Å². The van der Waals surface area contributed by atoms with E-state index in [1.165, 1.54) is 5.56 Å². The molecule has 0 unspecified atom stereocenters. The topological polar surface area (TPSA) is 64.7 Å². The zero-order valence-corrected chi connectivity index (χ0v) is 27.3. The smallest absolute Gasteiger partial charge is 0.164 e.